The number of amides is 4. The van der Waals surface area contributed by atoms with Gasteiger partial charge >= 0.3 is 12.3 Å². The first kappa shape index (κ1) is 35.0. The minimum Gasteiger partial charge on any atom is -0.444 e. The van der Waals surface area contributed by atoms with Crippen LogP contribution in [0.15, 0.2) is 36.9 Å². The Hall–Kier alpha value is -3.90. The van der Waals surface area contributed by atoms with Gasteiger partial charge in [-0.3, -0.25) is 19.2 Å². The molecule has 10 nitrogen and oxygen atoms in total. The highest BCUT2D eigenvalue weighted by atomic mass is 19.4. The number of nitrogens with one attached hydrogen (secondary N) is 3. The van der Waals surface area contributed by atoms with Crippen LogP contribution >= 0.6 is 0 Å². The van der Waals surface area contributed by atoms with Gasteiger partial charge in [0.15, 0.2) is 0 Å². The van der Waals surface area contributed by atoms with Crippen molar-refractivity contribution in [1.29, 1.82) is 0 Å². The molecule has 252 valence electrons. The van der Waals surface area contributed by atoms with Crippen molar-refractivity contribution in [3.63, 3.8) is 0 Å². The average molecular weight is 649 g/mol. The van der Waals surface area contributed by atoms with Crippen LogP contribution in [0.2, 0.25) is 0 Å². The molecule has 1 aromatic rings. The maximum Gasteiger partial charge on any atom is 0.408 e. The standard InChI is InChI=1S/C33H43F3N4O6/c1-7-14-37-28(43)26(41)22(12-13-33(34,35)36)38-27(42)25-23-21(32(23,5)6)17-40(25)29(44)24(39-30(45)46-31(2,3)4)20-15-18-10-8-9-11-19(18)16-20/h7-11,20-25H,1,12-17H2,2-6H3,(H,37,43)(H,38,42)(H,39,45)/t21-,22?,23-,24-,25-/m0/s1. The smallest absolute Gasteiger partial charge is 0.408 e. The van der Waals surface area contributed by atoms with E-state index in [-0.39, 0.29) is 36.3 Å². The summed E-state index contributed by atoms with van der Waals surface area (Å²) in [6.45, 7) is 12.5. The van der Waals surface area contributed by atoms with Crippen LogP contribution in [0.25, 0.3) is 0 Å². The highest BCUT2D eigenvalue weighted by Crippen LogP contribution is 2.65. The van der Waals surface area contributed by atoms with Crippen LogP contribution in [-0.4, -0.2) is 77.5 Å². The number of rotatable bonds is 11. The number of benzene rings is 1. The van der Waals surface area contributed by atoms with E-state index in [2.05, 4.69) is 22.5 Å². The lowest BCUT2D eigenvalue weighted by atomic mass is 9.93. The van der Waals surface area contributed by atoms with Crippen LogP contribution in [-0.2, 0) is 36.8 Å². The summed E-state index contributed by atoms with van der Waals surface area (Å²) >= 11 is 0. The second-order valence-corrected chi connectivity index (χ2v) is 14.0. The number of likely N-dealkylation sites (tertiary alicyclic amines) is 1. The maximum atomic E-state index is 14.4. The molecule has 3 N–H and O–H groups in total. The van der Waals surface area contributed by atoms with Crippen LogP contribution in [0.4, 0.5) is 18.0 Å². The molecule has 13 heteroatoms. The molecule has 2 aliphatic carbocycles. The Kier molecular flexibility index (Phi) is 9.94. The molecule has 46 heavy (non-hydrogen) atoms. The van der Waals surface area contributed by atoms with Gasteiger partial charge in [0.2, 0.25) is 17.6 Å². The van der Waals surface area contributed by atoms with Gasteiger partial charge in [-0.05, 0) is 74.3 Å². The molecule has 1 unspecified atom stereocenters. The fourth-order valence-electron chi connectivity index (χ4n) is 6.88. The van der Waals surface area contributed by atoms with Gasteiger partial charge in [0.25, 0.3) is 5.91 Å². The fraction of sp³-hybridized carbons (Fsp3) is 0.606. The molecule has 0 spiro atoms. The monoisotopic (exact) mass is 648 g/mol. The number of carbonyl (C=O) groups excluding carboxylic acids is 5. The van der Waals surface area contributed by atoms with Crippen LogP contribution in [0, 0.1) is 23.2 Å². The molecule has 0 aromatic heterocycles. The normalized spacial score (nSPS) is 23.0. The first-order valence-corrected chi connectivity index (χ1v) is 15.5. The lowest BCUT2D eigenvalue weighted by molar-refractivity contribution is -0.147. The van der Waals surface area contributed by atoms with Crippen LogP contribution < -0.4 is 16.0 Å². The van der Waals surface area contributed by atoms with Gasteiger partial charge in [-0.25, -0.2) is 4.79 Å². The van der Waals surface area contributed by atoms with E-state index in [9.17, 15) is 37.1 Å². The molecule has 0 radical (unpaired) electrons. The number of fused-ring (bicyclic) bond motifs is 2. The Balaban J connectivity index is 1.60. The van der Waals surface area contributed by atoms with E-state index in [1.165, 1.54) is 11.0 Å². The molecule has 4 amide bonds. The third kappa shape index (κ3) is 7.90. The van der Waals surface area contributed by atoms with E-state index in [4.69, 9.17) is 4.74 Å². The highest BCUT2D eigenvalue weighted by Gasteiger charge is 2.70. The minimum absolute atomic E-state index is 0.0876. The summed E-state index contributed by atoms with van der Waals surface area (Å²) in [6, 6.07) is 3.74. The van der Waals surface area contributed by atoms with Gasteiger partial charge in [-0.1, -0.05) is 44.2 Å². The summed E-state index contributed by atoms with van der Waals surface area (Å²) in [7, 11) is 0. The summed E-state index contributed by atoms with van der Waals surface area (Å²) in [6.07, 6.45) is -5.39. The van der Waals surface area contributed by atoms with E-state index in [0.717, 1.165) is 11.1 Å². The van der Waals surface area contributed by atoms with E-state index in [1.54, 1.807) is 20.8 Å². The van der Waals surface area contributed by atoms with Gasteiger partial charge in [-0.15, -0.1) is 6.58 Å². The van der Waals surface area contributed by atoms with Crippen molar-refractivity contribution in [2.75, 3.05) is 13.1 Å². The van der Waals surface area contributed by atoms with Crippen molar-refractivity contribution in [2.45, 2.75) is 90.2 Å². The topological polar surface area (TPSA) is 134 Å². The quantitative estimate of drug-likeness (QED) is 0.249. The Bertz CT molecular complexity index is 1360. The molecular formula is C33H43F3N4O6. The summed E-state index contributed by atoms with van der Waals surface area (Å²) in [5, 5.41) is 7.37. The van der Waals surface area contributed by atoms with Crippen molar-refractivity contribution in [3.8, 4) is 0 Å². The number of ketones is 1. The van der Waals surface area contributed by atoms with Crippen molar-refractivity contribution in [2.24, 2.45) is 23.2 Å². The Morgan fingerprint density at radius 3 is 2.22 bits per heavy atom. The van der Waals surface area contributed by atoms with Crippen molar-refractivity contribution in [3.05, 3.63) is 48.0 Å². The second-order valence-electron chi connectivity index (χ2n) is 14.0. The van der Waals surface area contributed by atoms with Gasteiger partial charge in [0, 0.05) is 19.5 Å². The number of piperidine rings is 1. The van der Waals surface area contributed by atoms with Gasteiger partial charge in [0.05, 0.1) is 6.04 Å². The first-order chi connectivity index (χ1) is 21.3. The maximum absolute atomic E-state index is 14.4. The Morgan fingerprint density at radius 2 is 1.67 bits per heavy atom. The van der Waals surface area contributed by atoms with E-state index in [0.29, 0.717) is 12.8 Å². The summed E-state index contributed by atoms with van der Waals surface area (Å²) < 4.78 is 45.0. The van der Waals surface area contributed by atoms with Crippen LogP contribution in [0.1, 0.15) is 58.6 Å². The molecule has 3 aliphatic rings. The van der Waals surface area contributed by atoms with Gasteiger partial charge in [0.1, 0.15) is 17.7 Å². The summed E-state index contributed by atoms with van der Waals surface area (Å²) in [4.78, 5) is 67.9. The zero-order chi connectivity index (χ0) is 34.2. The number of alkyl carbamates (subject to hydrolysis) is 1. The van der Waals surface area contributed by atoms with Gasteiger partial charge in [-0.2, -0.15) is 13.2 Å². The molecule has 1 aliphatic heterocycles. The lowest BCUT2D eigenvalue weighted by Gasteiger charge is -2.35. The molecule has 1 saturated heterocycles. The Labute approximate surface area is 266 Å². The lowest BCUT2D eigenvalue weighted by Crippen LogP contribution is -2.60. The Morgan fingerprint density at radius 1 is 1.07 bits per heavy atom. The molecular weight excluding hydrogens is 605 g/mol. The number of halogens is 3. The number of nitrogens with zero attached hydrogens (tertiary/aromatic N) is 1. The number of ether oxygens (including phenoxy) is 1. The highest BCUT2D eigenvalue weighted by molar-refractivity contribution is 6.38. The number of hydrogen-bond acceptors (Lipinski definition) is 6. The number of hydrogen-bond donors (Lipinski definition) is 3. The second kappa shape index (κ2) is 13.1. The van der Waals surface area contributed by atoms with Crippen molar-refractivity contribution in [1.82, 2.24) is 20.9 Å². The molecule has 0 bridgehead atoms. The van der Waals surface area contributed by atoms with E-state index < -0.39 is 72.3 Å². The third-order valence-electron chi connectivity index (χ3n) is 9.23. The minimum atomic E-state index is -4.64. The summed E-state index contributed by atoms with van der Waals surface area (Å²) in [5.74, 6) is -4.50. The predicted octanol–water partition coefficient (Wildman–Crippen LogP) is 3.48. The average Bonchev–Trinajstić information content (AvgIpc) is 3.32. The van der Waals surface area contributed by atoms with Crippen molar-refractivity contribution < 1.29 is 41.9 Å². The van der Waals surface area contributed by atoms with Crippen molar-refractivity contribution >= 4 is 29.6 Å². The largest absolute Gasteiger partial charge is 0.444 e. The predicted molar refractivity (Wildman–Crippen MR) is 162 cm³/mol. The third-order valence-corrected chi connectivity index (χ3v) is 9.23. The zero-order valence-corrected chi connectivity index (χ0v) is 26.8. The number of alkyl halides is 3. The van der Waals surface area contributed by atoms with Gasteiger partial charge < -0.3 is 25.6 Å². The number of carbonyl (C=O) groups is 5. The summed E-state index contributed by atoms with van der Waals surface area (Å²) in [5.41, 5.74) is 0.880. The van der Waals surface area contributed by atoms with Crippen LogP contribution in [0.5, 0.6) is 0 Å². The molecule has 1 saturated carbocycles. The molecule has 4 rings (SSSR count). The number of Topliss-reactive ketones (excluding diaryl/α,β-unsaturated/α-hetero) is 1. The first-order valence-electron chi connectivity index (χ1n) is 15.5. The molecule has 1 aromatic carbocycles. The zero-order valence-electron chi connectivity index (χ0n) is 26.8. The van der Waals surface area contributed by atoms with E-state index in [1.807, 2.05) is 38.1 Å². The molecule has 2 fully saturated rings. The fourth-order valence-corrected chi connectivity index (χ4v) is 6.88. The molecule has 1 heterocycles. The van der Waals surface area contributed by atoms with Crippen LogP contribution in [0.3, 0.4) is 0 Å². The molecule has 5 atom stereocenters. The SMILES string of the molecule is C=CCNC(=O)C(=O)C(CCC(F)(F)F)NC(=O)[C@@H]1[C@@H]2[C@H](CN1C(=O)[C@@H](NC(=O)OC(C)(C)C)C1Cc3ccccc3C1)C2(C)C. The van der Waals surface area contributed by atoms with E-state index >= 15 is 0 Å².